The number of aryl methyl sites for hydroxylation is 1. The number of nitrogens with one attached hydrogen (secondary N) is 1. The highest BCUT2D eigenvalue weighted by molar-refractivity contribution is 5.81. The summed E-state index contributed by atoms with van der Waals surface area (Å²) in [5.41, 5.74) is -1.13. The summed E-state index contributed by atoms with van der Waals surface area (Å²) in [6.07, 6.45) is -6.10. The summed E-state index contributed by atoms with van der Waals surface area (Å²) >= 11 is 0. The highest BCUT2D eigenvalue weighted by atomic mass is 19.4. The van der Waals surface area contributed by atoms with Crippen molar-refractivity contribution in [2.24, 2.45) is 0 Å². The zero-order chi connectivity index (χ0) is 17.9. The van der Waals surface area contributed by atoms with E-state index in [1.54, 1.807) is 18.2 Å². The van der Waals surface area contributed by atoms with E-state index in [0.29, 0.717) is 17.7 Å². The van der Waals surface area contributed by atoms with Crippen molar-refractivity contribution in [3.05, 3.63) is 70.5 Å². The van der Waals surface area contributed by atoms with E-state index >= 15 is 0 Å². The van der Waals surface area contributed by atoms with Crippen LogP contribution in [0.1, 0.15) is 28.4 Å². The molecule has 2 N–H and O–H groups in total. The van der Waals surface area contributed by atoms with Crippen LogP contribution < -0.4 is 5.32 Å². The van der Waals surface area contributed by atoms with Gasteiger partial charge in [-0.15, -0.1) is 0 Å². The molecular weight excluding hydrogens is 326 g/mol. The van der Waals surface area contributed by atoms with Crippen molar-refractivity contribution in [1.29, 1.82) is 0 Å². The molecule has 0 aliphatic carbocycles. The van der Waals surface area contributed by atoms with Gasteiger partial charge in [-0.3, -0.25) is 4.79 Å². The van der Waals surface area contributed by atoms with Gasteiger partial charge in [-0.25, -0.2) is 4.39 Å². The maximum atomic E-state index is 14.0. The Bertz CT molecular complexity index is 729. The standard InChI is InChI=1S/C17H15F4NO2/c1-10-7-13(17(19,20)21)8-12(14(10)18)9-22-16(24)15(23)11-5-3-2-4-6-11/h2-8,15,23H,9H2,1H3,(H,22,24). The number of aliphatic hydroxyl groups excluding tert-OH is 1. The first-order chi connectivity index (χ1) is 11.2. The molecule has 1 atom stereocenters. The predicted octanol–water partition coefficient (Wildman–Crippen LogP) is 3.50. The molecule has 7 heteroatoms. The molecule has 24 heavy (non-hydrogen) atoms. The van der Waals surface area contributed by atoms with E-state index in [2.05, 4.69) is 5.32 Å². The van der Waals surface area contributed by atoms with Crippen LogP contribution in [-0.2, 0) is 17.5 Å². The fourth-order valence-corrected chi connectivity index (χ4v) is 2.20. The monoisotopic (exact) mass is 341 g/mol. The van der Waals surface area contributed by atoms with E-state index in [9.17, 15) is 27.5 Å². The second-order valence-electron chi connectivity index (χ2n) is 5.30. The Kier molecular flexibility index (Phi) is 5.23. The lowest BCUT2D eigenvalue weighted by molar-refractivity contribution is -0.137. The van der Waals surface area contributed by atoms with Gasteiger partial charge in [0, 0.05) is 12.1 Å². The quantitative estimate of drug-likeness (QED) is 0.836. The summed E-state index contributed by atoms with van der Waals surface area (Å²) in [7, 11) is 0. The van der Waals surface area contributed by atoms with Crippen molar-refractivity contribution in [2.75, 3.05) is 0 Å². The highest BCUT2D eigenvalue weighted by Gasteiger charge is 2.32. The van der Waals surface area contributed by atoms with Crippen LogP contribution in [0, 0.1) is 12.7 Å². The third-order valence-corrected chi connectivity index (χ3v) is 3.47. The molecule has 0 fully saturated rings. The Morgan fingerprint density at radius 2 is 1.83 bits per heavy atom. The van der Waals surface area contributed by atoms with E-state index in [1.165, 1.54) is 19.1 Å². The van der Waals surface area contributed by atoms with Crippen LogP contribution >= 0.6 is 0 Å². The number of rotatable bonds is 4. The van der Waals surface area contributed by atoms with Gasteiger partial charge in [0.05, 0.1) is 5.56 Å². The second kappa shape index (κ2) is 7.00. The zero-order valence-corrected chi connectivity index (χ0v) is 12.7. The Morgan fingerprint density at radius 1 is 1.21 bits per heavy atom. The summed E-state index contributed by atoms with van der Waals surface area (Å²) in [6, 6.07) is 9.37. The number of halogens is 4. The molecule has 0 aromatic heterocycles. The van der Waals surface area contributed by atoms with Crippen molar-refractivity contribution in [3.63, 3.8) is 0 Å². The molecule has 1 amide bonds. The van der Waals surface area contributed by atoms with Crippen LogP contribution in [0.4, 0.5) is 17.6 Å². The summed E-state index contributed by atoms with van der Waals surface area (Å²) in [6.45, 7) is 0.758. The molecule has 0 saturated carbocycles. The largest absolute Gasteiger partial charge is 0.416 e. The maximum Gasteiger partial charge on any atom is 0.416 e. The summed E-state index contributed by atoms with van der Waals surface area (Å²) in [5.74, 6) is -1.65. The lowest BCUT2D eigenvalue weighted by Crippen LogP contribution is -2.29. The number of benzene rings is 2. The van der Waals surface area contributed by atoms with Gasteiger partial charge < -0.3 is 10.4 Å². The van der Waals surface area contributed by atoms with Gasteiger partial charge in [-0.05, 0) is 30.2 Å². The van der Waals surface area contributed by atoms with Gasteiger partial charge in [-0.1, -0.05) is 30.3 Å². The molecule has 0 radical (unpaired) electrons. The van der Waals surface area contributed by atoms with E-state index < -0.39 is 36.1 Å². The summed E-state index contributed by atoms with van der Waals surface area (Å²) in [4.78, 5) is 11.9. The minimum Gasteiger partial charge on any atom is -0.378 e. The lowest BCUT2D eigenvalue weighted by atomic mass is 10.0. The first-order valence-corrected chi connectivity index (χ1v) is 7.07. The highest BCUT2D eigenvalue weighted by Crippen LogP contribution is 2.31. The molecule has 128 valence electrons. The number of aliphatic hydroxyl groups is 1. The van der Waals surface area contributed by atoms with Crippen LogP contribution in [0.25, 0.3) is 0 Å². The smallest absolute Gasteiger partial charge is 0.378 e. The van der Waals surface area contributed by atoms with Crippen molar-refractivity contribution in [2.45, 2.75) is 25.7 Å². The summed E-state index contributed by atoms with van der Waals surface area (Å²) < 4.78 is 52.3. The normalized spacial score (nSPS) is 12.8. The van der Waals surface area contributed by atoms with Crippen molar-refractivity contribution in [3.8, 4) is 0 Å². The van der Waals surface area contributed by atoms with E-state index in [1.807, 2.05) is 0 Å². The Labute approximate surface area is 135 Å². The van der Waals surface area contributed by atoms with Gasteiger partial charge >= 0.3 is 6.18 Å². The number of hydrogen-bond acceptors (Lipinski definition) is 2. The van der Waals surface area contributed by atoms with Gasteiger partial charge in [0.1, 0.15) is 5.82 Å². The average molecular weight is 341 g/mol. The second-order valence-corrected chi connectivity index (χ2v) is 5.30. The molecule has 1 unspecified atom stereocenters. The summed E-state index contributed by atoms with van der Waals surface area (Å²) in [5, 5.41) is 12.1. The number of carbonyl (C=O) groups is 1. The Morgan fingerprint density at radius 3 is 2.42 bits per heavy atom. The molecule has 0 aliphatic heterocycles. The van der Waals surface area contributed by atoms with Gasteiger partial charge in [0.15, 0.2) is 6.10 Å². The molecule has 2 aromatic carbocycles. The molecular formula is C17H15F4NO2. The fraction of sp³-hybridized carbons (Fsp3) is 0.235. The van der Waals surface area contributed by atoms with E-state index in [0.717, 1.165) is 0 Å². The fourth-order valence-electron chi connectivity index (χ4n) is 2.20. The predicted molar refractivity (Wildman–Crippen MR) is 79.4 cm³/mol. The van der Waals surface area contributed by atoms with Crippen LogP contribution in [0.3, 0.4) is 0 Å². The molecule has 0 spiro atoms. The third-order valence-electron chi connectivity index (χ3n) is 3.47. The molecule has 3 nitrogen and oxygen atoms in total. The molecule has 0 heterocycles. The zero-order valence-electron chi connectivity index (χ0n) is 12.7. The topological polar surface area (TPSA) is 49.3 Å². The van der Waals surface area contributed by atoms with E-state index in [4.69, 9.17) is 0 Å². The number of amides is 1. The van der Waals surface area contributed by atoms with Crippen molar-refractivity contribution >= 4 is 5.91 Å². The number of alkyl halides is 3. The molecule has 0 saturated heterocycles. The number of carbonyl (C=O) groups excluding carboxylic acids is 1. The van der Waals surface area contributed by atoms with Gasteiger partial charge in [-0.2, -0.15) is 13.2 Å². The molecule has 2 rings (SSSR count). The first-order valence-electron chi connectivity index (χ1n) is 7.07. The Hall–Kier alpha value is -2.41. The van der Waals surface area contributed by atoms with Crippen LogP contribution in [-0.4, -0.2) is 11.0 Å². The van der Waals surface area contributed by atoms with Crippen molar-refractivity contribution < 1.29 is 27.5 Å². The third kappa shape index (κ3) is 4.11. The minimum atomic E-state index is -4.61. The minimum absolute atomic E-state index is 0.169. The van der Waals surface area contributed by atoms with E-state index in [-0.39, 0.29) is 11.1 Å². The molecule has 0 bridgehead atoms. The number of hydrogen-bond donors (Lipinski definition) is 2. The SMILES string of the molecule is Cc1cc(C(F)(F)F)cc(CNC(=O)C(O)c2ccccc2)c1F. The molecule has 2 aromatic rings. The lowest BCUT2D eigenvalue weighted by Gasteiger charge is -2.15. The average Bonchev–Trinajstić information content (AvgIpc) is 2.54. The van der Waals surface area contributed by atoms with Crippen molar-refractivity contribution in [1.82, 2.24) is 5.32 Å². The van der Waals surface area contributed by atoms with Gasteiger partial charge in [0.2, 0.25) is 0 Å². The first kappa shape index (κ1) is 17.9. The van der Waals surface area contributed by atoms with Crippen LogP contribution in [0.15, 0.2) is 42.5 Å². The molecule has 0 aliphatic rings. The van der Waals surface area contributed by atoms with Crippen LogP contribution in [0.5, 0.6) is 0 Å². The maximum absolute atomic E-state index is 14.0. The Balaban J connectivity index is 2.14. The van der Waals surface area contributed by atoms with Crippen LogP contribution in [0.2, 0.25) is 0 Å². The van der Waals surface area contributed by atoms with Gasteiger partial charge in [0.25, 0.3) is 5.91 Å².